The van der Waals surface area contributed by atoms with Crippen molar-refractivity contribution in [2.45, 2.75) is 32.3 Å². The van der Waals surface area contributed by atoms with Crippen molar-refractivity contribution in [1.82, 2.24) is 5.43 Å². The molecule has 1 aliphatic rings. The lowest BCUT2D eigenvalue weighted by Crippen LogP contribution is -2.36. The fourth-order valence-electron chi connectivity index (χ4n) is 1.31. The SMILES string of the molecule is CC1(C)CC(=NNC(=N)N)CCO1. The van der Waals surface area contributed by atoms with E-state index in [1.165, 1.54) is 0 Å². The molecule has 1 saturated heterocycles. The molecule has 74 valence electrons. The van der Waals surface area contributed by atoms with Gasteiger partial charge in [0.25, 0.3) is 0 Å². The minimum absolute atomic E-state index is 0.128. The molecule has 0 radical (unpaired) electrons. The van der Waals surface area contributed by atoms with Gasteiger partial charge >= 0.3 is 0 Å². The molecule has 0 aromatic heterocycles. The van der Waals surface area contributed by atoms with E-state index in [9.17, 15) is 0 Å². The number of ether oxygens (including phenoxy) is 1. The first-order chi connectivity index (χ1) is 5.99. The summed E-state index contributed by atoms with van der Waals surface area (Å²) < 4.78 is 5.51. The third-order valence-electron chi connectivity index (χ3n) is 1.85. The Hall–Kier alpha value is -1.10. The van der Waals surface area contributed by atoms with E-state index in [-0.39, 0.29) is 11.6 Å². The summed E-state index contributed by atoms with van der Waals surface area (Å²) in [7, 11) is 0. The maximum Gasteiger partial charge on any atom is 0.206 e. The molecule has 0 aliphatic carbocycles. The Balaban J connectivity index is 2.51. The van der Waals surface area contributed by atoms with Crippen LogP contribution in [0, 0.1) is 5.41 Å². The summed E-state index contributed by atoms with van der Waals surface area (Å²) in [6.07, 6.45) is 1.59. The van der Waals surface area contributed by atoms with Crippen molar-refractivity contribution in [2.75, 3.05) is 6.61 Å². The summed E-state index contributed by atoms with van der Waals surface area (Å²) in [6, 6.07) is 0. The van der Waals surface area contributed by atoms with Gasteiger partial charge in [0.15, 0.2) is 0 Å². The fourth-order valence-corrected chi connectivity index (χ4v) is 1.31. The van der Waals surface area contributed by atoms with Crippen molar-refractivity contribution in [1.29, 1.82) is 5.41 Å². The zero-order valence-electron chi connectivity index (χ0n) is 8.05. The predicted octanol–water partition coefficient (Wildman–Crippen LogP) is 0.414. The van der Waals surface area contributed by atoms with Gasteiger partial charge in [-0.1, -0.05) is 0 Å². The highest BCUT2D eigenvalue weighted by Gasteiger charge is 2.25. The third-order valence-corrected chi connectivity index (χ3v) is 1.85. The molecule has 5 nitrogen and oxygen atoms in total. The number of hydrogen-bond acceptors (Lipinski definition) is 3. The van der Waals surface area contributed by atoms with E-state index < -0.39 is 0 Å². The van der Waals surface area contributed by atoms with Crippen LogP contribution in [0.2, 0.25) is 0 Å². The molecule has 0 aromatic rings. The fraction of sp³-hybridized carbons (Fsp3) is 0.750. The van der Waals surface area contributed by atoms with Crippen LogP contribution in [0.15, 0.2) is 5.10 Å². The largest absolute Gasteiger partial charge is 0.375 e. The monoisotopic (exact) mass is 184 g/mol. The number of guanidine groups is 1. The van der Waals surface area contributed by atoms with Gasteiger partial charge in [-0.3, -0.25) is 5.41 Å². The normalized spacial score (nSPS) is 24.3. The van der Waals surface area contributed by atoms with Crippen LogP contribution < -0.4 is 11.2 Å². The quantitative estimate of drug-likeness (QED) is 0.313. The molecule has 0 saturated carbocycles. The summed E-state index contributed by atoms with van der Waals surface area (Å²) in [5.74, 6) is -0.128. The molecule has 1 aliphatic heterocycles. The predicted molar refractivity (Wildman–Crippen MR) is 51.7 cm³/mol. The van der Waals surface area contributed by atoms with Crippen LogP contribution in [0.1, 0.15) is 26.7 Å². The first kappa shape index (κ1) is 9.98. The van der Waals surface area contributed by atoms with E-state index in [4.69, 9.17) is 15.9 Å². The van der Waals surface area contributed by atoms with Gasteiger partial charge in [0, 0.05) is 18.6 Å². The molecule has 0 unspecified atom stereocenters. The van der Waals surface area contributed by atoms with Crippen LogP contribution in [-0.4, -0.2) is 23.9 Å². The number of nitrogens with two attached hydrogens (primary N) is 1. The molecule has 1 heterocycles. The molecule has 4 N–H and O–H groups in total. The number of hydrazone groups is 1. The lowest BCUT2D eigenvalue weighted by molar-refractivity contribution is -0.0200. The number of hydrogen-bond donors (Lipinski definition) is 3. The second-order valence-electron chi connectivity index (χ2n) is 3.74. The van der Waals surface area contributed by atoms with Crippen molar-refractivity contribution < 1.29 is 4.74 Å². The van der Waals surface area contributed by atoms with Crippen molar-refractivity contribution in [2.24, 2.45) is 10.8 Å². The van der Waals surface area contributed by atoms with E-state index in [1.54, 1.807) is 0 Å². The van der Waals surface area contributed by atoms with Crippen molar-refractivity contribution in [3.8, 4) is 0 Å². The molecule has 0 atom stereocenters. The average molecular weight is 184 g/mol. The summed E-state index contributed by atoms with van der Waals surface area (Å²) in [5, 5.41) is 11.0. The lowest BCUT2D eigenvalue weighted by atomic mass is 9.97. The maximum absolute atomic E-state index is 6.94. The highest BCUT2D eigenvalue weighted by molar-refractivity contribution is 5.87. The molecule has 13 heavy (non-hydrogen) atoms. The van der Waals surface area contributed by atoms with Gasteiger partial charge in [-0.05, 0) is 13.8 Å². The Labute approximate surface area is 77.8 Å². The van der Waals surface area contributed by atoms with Crippen molar-refractivity contribution >= 4 is 11.7 Å². The van der Waals surface area contributed by atoms with Gasteiger partial charge in [-0.15, -0.1) is 0 Å². The highest BCUT2D eigenvalue weighted by Crippen LogP contribution is 2.21. The molecule has 0 spiro atoms. The minimum Gasteiger partial charge on any atom is -0.375 e. The maximum atomic E-state index is 6.94. The van der Waals surface area contributed by atoms with E-state index >= 15 is 0 Å². The second-order valence-corrected chi connectivity index (χ2v) is 3.74. The minimum atomic E-state index is -0.143. The van der Waals surface area contributed by atoms with Crippen LogP contribution >= 0.6 is 0 Å². The van der Waals surface area contributed by atoms with Crippen LogP contribution in [0.4, 0.5) is 0 Å². The van der Waals surface area contributed by atoms with Gasteiger partial charge in [0.05, 0.1) is 12.2 Å². The summed E-state index contributed by atoms with van der Waals surface area (Å²) in [5.41, 5.74) is 8.42. The Morgan fingerprint density at radius 3 is 2.92 bits per heavy atom. The Bertz CT molecular complexity index is 234. The molecular formula is C8H16N4O. The molecule has 1 fully saturated rings. The van der Waals surface area contributed by atoms with Gasteiger partial charge < -0.3 is 10.5 Å². The summed E-state index contributed by atoms with van der Waals surface area (Å²) in [6.45, 7) is 4.73. The van der Waals surface area contributed by atoms with E-state index in [2.05, 4.69) is 10.5 Å². The Kier molecular flexibility index (Phi) is 2.87. The molecule has 0 bridgehead atoms. The molecular weight excluding hydrogens is 168 g/mol. The standard InChI is InChI=1S/C8H16N4O/c1-8(2)5-6(3-4-13-8)11-12-7(9)10/h3-5H2,1-2H3,(H4,9,10,12). The lowest BCUT2D eigenvalue weighted by Gasteiger charge is -2.30. The van der Waals surface area contributed by atoms with Crippen LogP contribution in [0.25, 0.3) is 0 Å². The molecule has 0 aromatic carbocycles. The van der Waals surface area contributed by atoms with Crippen LogP contribution in [0.5, 0.6) is 0 Å². The zero-order valence-corrected chi connectivity index (χ0v) is 8.05. The van der Waals surface area contributed by atoms with E-state index in [0.717, 1.165) is 18.6 Å². The van der Waals surface area contributed by atoms with E-state index in [1.807, 2.05) is 13.8 Å². The first-order valence-electron chi connectivity index (χ1n) is 4.29. The Morgan fingerprint density at radius 1 is 1.69 bits per heavy atom. The number of rotatable bonds is 1. The van der Waals surface area contributed by atoms with Crippen LogP contribution in [0.3, 0.4) is 0 Å². The van der Waals surface area contributed by atoms with Crippen LogP contribution in [-0.2, 0) is 4.74 Å². The summed E-state index contributed by atoms with van der Waals surface area (Å²) in [4.78, 5) is 0. The van der Waals surface area contributed by atoms with Gasteiger partial charge in [-0.2, -0.15) is 5.10 Å². The average Bonchev–Trinajstić information content (AvgIpc) is 1.99. The molecule has 1 rings (SSSR count). The van der Waals surface area contributed by atoms with E-state index in [0.29, 0.717) is 6.61 Å². The summed E-state index contributed by atoms with van der Waals surface area (Å²) >= 11 is 0. The topological polar surface area (TPSA) is 83.5 Å². The first-order valence-corrected chi connectivity index (χ1v) is 4.29. The van der Waals surface area contributed by atoms with Crippen molar-refractivity contribution in [3.05, 3.63) is 0 Å². The zero-order chi connectivity index (χ0) is 9.90. The molecule has 0 amide bonds. The Morgan fingerprint density at radius 2 is 2.38 bits per heavy atom. The smallest absolute Gasteiger partial charge is 0.206 e. The second kappa shape index (κ2) is 3.74. The number of nitrogens with zero attached hydrogens (tertiary/aromatic N) is 1. The highest BCUT2D eigenvalue weighted by atomic mass is 16.5. The van der Waals surface area contributed by atoms with Gasteiger partial charge in [0.2, 0.25) is 5.96 Å². The number of nitrogens with one attached hydrogen (secondary N) is 2. The third kappa shape index (κ3) is 3.42. The van der Waals surface area contributed by atoms with Crippen molar-refractivity contribution in [3.63, 3.8) is 0 Å². The van der Waals surface area contributed by atoms with Gasteiger partial charge in [-0.25, -0.2) is 5.43 Å². The molecule has 5 heteroatoms. The van der Waals surface area contributed by atoms with Gasteiger partial charge in [0.1, 0.15) is 0 Å².